The molecule has 106 valence electrons. The zero-order valence-electron chi connectivity index (χ0n) is 12.4. The van der Waals surface area contributed by atoms with Crippen LogP contribution in [0, 0.1) is 5.92 Å². The highest BCUT2D eigenvalue weighted by Crippen LogP contribution is 2.20. The summed E-state index contributed by atoms with van der Waals surface area (Å²) in [6.07, 6.45) is 5.14. The fourth-order valence-corrected chi connectivity index (χ4v) is 2.43. The van der Waals surface area contributed by atoms with Crippen molar-refractivity contribution in [3.05, 3.63) is 29.8 Å². The molecule has 19 heavy (non-hydrogen) atoms. The van der Waals surface area contributed by atoms with Crippen molar-refractivity contribution in [3.8, 4) is 0 Å². The Morgan fingerprint density at radius 1 is 1.37 bits per heavy atom. The van der Waals surface area contributed by atoms with Gasteiger partial charge in [0.15, 0.2) is 0 Å². The molecule has 0 spiro atoms. The average molecular weight is 278 g/mol. The number of nitrogens with two attached hydrogens (primary N) is 1. The van der Waals surface area contributed by atoms with E-state index in [1.807, 2.05) is 12.1 Å². The van der Waals surface area contributed by atoms with Crippen LogP contribution in [0.4, 0.5) is 5.69 Å². The van der Waals surface area contributed by atoms with Crippen molar-refractivity contribution < 1.29 is 0 Å². The van der Waals surface area contributed by atoms with Crippen LogP contribution in [0.3, 0.4) is 0 Å². The zero-order chi connectivity index (χ0) is 14.3. The number of thiocarbonyl (C=S) groups is 1. The smallest absolute Gasteiger partial charge is 0.104 e. The van der Waals surface area contributed by atoms with Crippen LogP contribution in [0.2, 0.25) is 0 Å². The highest BCUT2D eigenvalue weighted by atomic mass is 32.1. The van der Waals surface area contributed by atoms with E-state index in [-0.39, 0.29) is 0 Å². The minimum absolute atomic E-state index is 0.466. The Morgan fingerprint density at radius 3 is 2.68 bits per heavy atom. The summed E-state index contributed by atoms with van der Waals surface area (Å²) in [6, 6.07) is 8.19. The van der Waals surface area contributed by atoms with E-state index in [1.54, 1.807) is 0 Å². The molecule has 0 aliphatic carbocycles. The Hall–Kier alpha value is -1.09. The molecule has 1 atom stereocenters. The van der Waals surface area contributed by atoms with Gasteiger partial charge >= 0.3 is 0 Å². The first-order valence-corrected chi connectivity index (χ1v) is 7.60. The summed E-state index contributed by atoms with van der Waals surface area (Å²) < 4.78 is 0. The second-order valence-electron chi connectivity index (χ2n) is 5.21. The van der Waals surface area contributed by atoms with Gasteiger partial charge in [-0.05, 0) is 24.5 Å². The maximum absolute atomic E-state index is 5.69. The Balaban J connectivity index is 2.68. The van der Waals surface area contributed by atoms with Crippen LogP contribution in [0.1, 0.15) is 45.1 Å². The number of hydrogen-bond donors (Lipinski definition) is 1. The minimum atomic E-state index is 0.466. The molecule has 0 amide bonds. The van der Waals surface area contributed by atoms with E-state index < -0.39 is 0 Å². The van der Waals surface area contributed by atoms with E-state index >= 15 is 0 Å². The van der Waals surface area contributed by atoms with E-state index in [9.17, 15) is 0 Å². The van der Waals surface area contributed by atoms with E-state index in [4.69, 9.17) is 18.0 Å². The summed E-state index contributed by atoms with van der Waals surface area (Å²) >= 11 is 5.04. The first-order chi connectivity index (χ1) is 9.08. The molecule has 2 nitrogen and oxygen atoms in total. The normalized spacial score (nSPS) is 12.2. The van der Waals surface area contributed by atoms with E-state index in [1.165, 1.54) is 31.4 Å². The molecule has 1 aromatic rings. The lowest BCUT2D eigenvalue weighted by Crippen LogP contribution is -2.25. The summed E-state index contributed by atoms with van der Waals surface area (Å²) in [7, 11) is 2.15. The van der Waals surface area contributed by atoms with Gasteiger partial charge in [0.05, 0.1) is 0 Å². The van der Waals surface area contributed by atoms with E-state index in [0.29, 0.717) is 4.99 Å². The molecule has 0 aromatic heterocycles. The Bertz CT molecular complexity index is 403. The predicted octanol–water partition coefficient (Wildman–Crippen LogP) is 3.97. The largest absolute Gasteiger partial charge is 0.389 e. The second kappa shape index (κ2) is 8.16. The van der Waals surface area contributed by atoms with Crippen LogP contribution in [0.15, 0.2) is 24.3 Å². The average Bonchev–Trinajstić information content (AvgIpc) is 2.43. The number of unbranched alkanes of at least 4 members (excludes halogenated alkanes) is 1. The Labute approximate surface area is 123 Å². The zero-order valence-corrected chi connectivity index (χ0v) is 13.2. The molecule has 0 fully saturated rings. The van der Waals surface area contributed by atoms with Crippen molar-refractivity contribution in [2.24, 2.45) is 11.7 Å². The van der Waals surface area contributed by atoms with Gasteiger partial charge in [-0.15, -0.1) is 0 Å². The molecule has 0 saturated heterocycles. The predicted molar refractivity (Wildman–Crippen MR) is 88.9 cm³/mol. The van der Waals surface area contributed by atoms with Crippen LogP contribution in [0.25, 0.3) is 0 Å². The van der Waals surface area contributed by atoms with E-state index in [2.05, 4.69) is 37.9 Å². The summed E-state index contributed by atoms with van der Waals surface area (Å²) in [6.45, 7) is 5.62. The molecule has 0 bridgehead atoms. The molecule has 0 heterocycles. The highest BCUT2D eigenvalue weighted by molar-refractivity contribution is 7.80. The van der Waals surface area contributed by atoms with Crippen LogP contribution in [-0.4, -0.2) is 18.6 Å². The number of nitrogens with zero attached hydrogens (tertiary/aromatic N) is 1. The monoisotopic (exact) mass is 278 g/mol. The van der Waals surface area contributed by atoms with Crippen LogP contribution < -0.4 is 10.6 Å². The van der Waals surface area contributed by atoms with Gasteiger partial charge in [-0.25, -0.2) is 0 Å². The van der Waals surface area contributed by atoms with Crippen LogP contribution >= 0.6 is 12.2 Å². The molecule has 1 rings (SSSR count). The van der Waals surface area contributed by atoms with Gasteiger partial charge in [0.1, 0.15) is 4.99 Å². The first-order valence-electron chi connectivity index (χ1n) is 7.19. The van der Waals surface area contributed by atoms with Crippen LogP contribution in [-0.2, 0) is 0 Å². The number of anilines is 1. The van der Waals surface area contributed by atoms with Gasteiger partial charge in [-0.1, -0.05) is 57.5 Å². The Kier molecular flexibility index (Phi) is 6.85. The first kappa shape index (κ1) is 16.0. The molecular weight excluding hydrogens is 252 g/mol. The lowest BCUT2D eigenvalue weighted by Gasteiger charge is -2.25. The van der Waals surface area contributed by atoms with Gasteiger partial charge in [-0.2, -0.15) is 0 Å². The van der Waals surface area contributed by atoms with Gasteiger partial charge < -0.3 is 10.6 Å². The van der Waals surface area contributed by atoms with Gasteiger partial charge in [0.2, 0.25) is 0 Å². The maximum atomic E-state index is 5.69. The molecule has 0 radical (unpaired) electrons. The number of benzene rings is 1. The molecule has 2 N–H and O–H groups in total. The summed E-state index contributed by atoms with van der Waals surface area (Å²) in [5, 5.41) is 0. The second-order valence-corrected chi connectivity index (χ2v) is 5.65. The number of hydrogen-bond acceptors (Lipinski definition) is 2. The summed E-state index contributed by atoms with van der Waals surface area (Å²) in [4.78, 5) is 2.78. The summed E-state index contributed by atoms with van der Waals surface area (Å²) in [5.74, 6) is 0.762. The quantitative estimate of drug-likeness (QED) is 0.729. The minimum Gasteiger partial charge on any atom is -0.389 e. The third-order valence-electron chi connectivity index (χ3n) is 3.65. The third kappa shape index (κ3) is 5.19. The van der Waals surface area contributed by atoms with Crippen molar-refractivity contribution in [2.45, 2.75) is 39.5 Å². The van der Waals surface area contributed by atoms with Crippen molar-refractivity contribution in [1.29, 1.82) is 0 Å². The SMILES string of the molecule is CCCCC(CC)CN(C)c1cccc(C(N)=S)c1. The standard InChI is InChI=1S/C16H26N2S/c1-4-6-8-13(5-2)12-18(3)15-10-7-9-14(11-15)16(17)19/h7,9-11,13H,4-6,8,12H2,1-3H3,(H2,17,19). The fraction of sp³-hybridized carbons (Fsp3) is 0.562. The number of rotatable bonds is 8. The van der Waals surface area contributed by atoms with Crippen molar-refractivity contribution in [1.82, 2.24) is 0 Å². The van der Waals surface area contributed by atoms with Crippen LogP contribution in [0.5, 0.6) is 0 Å². The van der Waals surface area contributed by atoms with Gasteiger partial charge in [0.25, 0.3) is 0 Å². The fourth-order valence-electron chi connectivity index (χ4n) is 2.31. The lowest BCUT2D eigenvalue weighted by atomic mass is 9.98. The lowest BCUT2D eigenvalue weighted by molar-refractivity contribution is 0.454. The third-order valence-corrected chi connectivity index (χ3v) is 3.88. The topological polar surface area (TPSA) is 29.3 Å². The van der Waals surface area contributed by atoms with Crippen molar-refractivity contribution in [3.63, 3.8) is 0 Å². The Morgan fingerprint density at radius 2 is 2.11 bits per heavy atom. The van der Waals surface area contributed by atoms with Gasteiger partial charge in [0, 0.05) is 24.8 Å². The maximum Gasteiger partial charge on any atom is 0.104 e. The molecule has 0 aliphatic rings. The highest BCUT2D eigenvalue weighted by Gasteiger charge is 2.10. The molecule has 3 heteroatoms. The molecule has 0 saturated carbocycles. The van der Waals surface area contributed by atoms with Crippen molar-refractivity contribution >= 4 is 22.9 Å². The summed E-state index contributed by atoms with van der Waals surface area (Å²) in [5.41, 5.74) is 7.83. The molecule has 0 aliphatic heterocycles. The van der Waals surface area contributed by atoms with Crippen molar-refractivity contribution in [2.75, 3.05) is 18.5 Å². The molecule has 1 aromatic carbocycles. The van der Waals surface area contributed by atoms with Gasteiger partial charge in [-0.3, -0.25) is 0 Å². The van der Waals surface area contributed by atoms with E-state index in [0.717, 1.165) is 18.0 Å². The molecular formula is C16H26N2S. The molecule has 1 unspecified atom stereocenters.